The Morgan fingerprint density at radius 3 is 2.59 bits per heavy atom. The lowest BCUT2D eigenvalue weighted by molar-refractivity contribution is 0.449. The molecule has 0 spiro atoms. The van der Waals surface area contributed by atoms with Crippen LogP contribution in [0.1, 0.15) is 0 Å². The van der Waals surface area contributed by atoms with Gasteiger partial charge < -0.3 is 5.32 Å². The third kappa shape index (κ3) is 2.44. The Morgan fingerprint density at radius 1 is 1.12 bits per heavy atom. The summed E-state index contributed by atoms with van der Waals surface area (Å²) in [5.74, 6) is -4.12. The summed E-state index contributed by atoms with van der Waals surface area (Å²) in [6, 6.07) is 1.82. The number of rotatable bonds is 2. The molecule has 8 heteroatoms. The Labute approximate surface area is 98.5 Å². The molecule has 0 unspecified atom stereocenters. The first kappa shape index (κ1) is 11.6. The van der Waals surface area contributed by atoms with E-state index in [0.29, 0.717) is 0 Å². The van der Waals surface area contributed by atoms with Gasteiger partial charge in [-0.1, -0.05) is 0 Å². The molecule has 1 N–H and O–H groups in total. The molecule has 2 aromatic rings. The molecule has 88 valence electrons. The summed E-state index contributed by atoms with van der Waals surface area (Å²) in [4.78, 5) is 3.66. The minimum atomic E-state index is -1.57. The van der Waals surface area contributed by atoms with Crippen LogP contribution in [0.5, 0.6) is 0 Å². The average molecular weight is 261 g/mol. The quantitative estimate of drug-likeness (QED) is 0.844. The molecule has 0 aliphatic carbocycles. The zero-order valence-electron chi connectivity index (χ0n) is 8.09. The molecule has 0 saturated heterocycles. The molecule has 0 saturated carbocycles. The van der Waals surface area contributed by atoms with Crippen molar-refractivity contribution >= 4 is 23.1 Å². The van der Waals surface area contributed by atoms with Gasteiger partial charge in [0.05, 0.1) is 11.9 Å². The Morgan fingerprint density at radius 2 is 1.88 bits per heavy atom. The first-order valence-corrected chi connectivity index (χ1v) is 4.71. The van der Waals surface area contributed by atoms with Crippen molar-refractivity contribution in [3.8, 4) is 0 Å². The van der Waals surface area contributed by atoms with Gasteiger partial charge in [-0.3, -0.25) is 0 Å². The normalized spacial score (nSPS) is 10.4. The van der Waals surface area contributed by atoms with Gasteiger partial charge in [0, 0.05) is 0 Å². The fourth-order valence-electron chi connectivity index (χ4n) is 1.10. The van der Waals surface area contributed by atoms with Gasteiger partial charge in [-0.25, -0.2) is 13.2 Å². The largest absolute Gasteiger partial charge is 0.336 e. The number of anilines is 2. The highest BCUT2D eigenvalue weighted by molar-refractivity contribution is 6.28. The monoisotopic (exact) mass is 260 g/mol. The fraction of sp³-hybridized carbons (Fsp3) is 0. The van der Waals surface area contributed by atoms with Crippen molar-refractivity contribution in [2.75, 3.05) is 5.32 Å². The summed E-state index contributed by atoms with van der Waals surface area (Å²) < 4.78 is 38.8. The lowest BCUT2D eigenvalue weighted by atomic mass is 10.3. The summed E-state index contributed by atoms with van der Waals surface area (Å²) >= 11 is 5.45. The van der Waals surface area contributed by atoms with Crippen molar-refractivity contribution < 1.29 is 13.2 Å². The SMILES string of the molecule is Fc1ccc(Nc2cnnc(Cl)n2)c(F)c1F. The summed E-state index contributed by atoms with van der Waals surface area (Å²) in [5, 5.41) is 9.07. The van der Waals surface area contributed by atoms with E-state index in [-0.39, 0.29) is 16.8 Å². The van der Waals surface area contributed by atoms with Crippen LogP contribution in [0.25, 0.3) is 0 Å². The number of benzene rings is 1. The average Bonchev–Trinajstić information content (AvgIpc) is 2.30. The van der Waals surface area contributed by atoms with Crippen molar-refractivity contribution in [3.05, 3.63) is 41.1 Å². The lowest BCUT2D eigenvalue weighted by Crippen LogP contribution is -2.01. The summed E-state index contributed by atoms with van der Waals surface area (Å²) in [6.07, 6.45) is 1.16. The van der Waals surface area contributed by atoms with Crippen LogP contribution in [0, 0.1) is 17.5 Å². The van der Waals surface area contributed by atoms with Gasteiger partial charge in [0.25, 0.3) is 0 Å². The number of nitrogens with zero attached hydrogens (tertiary/aromatic N) is 3. The zero-order valence-corrected chi connectivity index (χ0v) is 8.84. The summed E-state index contributed by atoms with van der Waals surface area (Å²) in [7, 11) is 0. The number of halogens is 4. The van der Waals surface area contributed by atoms with Crippen LogP contribution in [0.2, 0.25) is 5.28 Å². The molecule has 0 radical (unpaired) electrons. The van der Waals surface area contributed by atoms with Crippen molar-refractivity contribution in [2.45, 2.75) is 0 Å². The Balaban J connectivity index is 2.34. The van der Waals surface area contributed by atoms with E-state index in [1.165, 1.54) is 0 Å². The van der Waals surface area contributed by atoms with Crippen molar-refractivity contribution in [2.24, 2.45) is 0 Å². The Kier molecular flexibility index (Phi) is 3.10. The van der Waals surface area contributed by atoms with E-state index in [0.717, 1.165) is 18.3 Å². The van der Waals surface area contributed by atoms with Crippen LogP contribution in [0.4, 0.5) is 24.7 Å². The number of hydrogen-bond acceptors (Lipinski definition) is 4. The predicted octanol–water partition coefficient (Wildman–Crippen LogP) is 2.69. The molecule has 0 atom stereocenters. The van der Waals surface area contributed by atoms with Crippen LogP contribution < -0.4 is 5.32 Å². The van der Waals surface area contributed by atoms with E-state index in [1.807, 2.05) is 0 Å². The Hall–Kier alpha value is -1.89. The van der Waals surface area contributed by atoms with Gasteiger partial charge in [0.15, 0.2) is 23.3 Å². The summed E-state index contributed by atoms with van der Waals surface area (Å²) in [5.41, 5.74) is -0.277. The van der Waals surface area contributed by atoms with Crippen LogP contribution in [0.15, 0.2) is 18.3 Å². The lowest BCUT2D eigenvalue weighted by Gasteiger charge is -2.06. The third-order valence-electron chi connectivity index (χ3n) is 1.83. The van der Waals surface area contributed by atoms with Gasteiger partial charge in [-0.15, -0.1) is 5.10 Å². The van der Waals surface area contributed by atoms with E-state index < -0.39 is 17.5 Å². The van der Waals surface area contributed by atoms with E-state index >= 15 is 0 Å². The van der Waals surface area contributed by atoms with Gasteiger partial charge in [-0.05, 0) is 23.7 Å². The van der Waals surface area contributed by atoms with E-state index in [1.54, 1.807) is 0 Å². The van der Waals surface area contributed by atoms with Gasteiger partial charge >= 0.3 is 0 Å². The van der Waals surface area contributed by atoms with Crippen LogP contribution in [-0.4, -0.2) is 15.2 Å². The molecule has 17 heavy (non-hydrogen) atoms. The van der Waals surface area contributed by atoms with Gasteiger partial charge in [-0.2, -0.15) is 10.1 Å². The van der Waals surface area contributed by atoms with E-state index in [2.05, 4.69) is 20.5 Å². The van der Waals surface area contributed by atoms with E-state index in [4.69, 9.17) is 11.6 Å². The molecule has 2 rings (SSSR count). The first-order chi connectivity index (χ1) is 8.08. The molecule has 0 amide bonds. The maximum Gasteiger partial charge on any atom is 0.244 e. The molecule has 1 heterocycles. The topological polar surface area (TPSA) is 50.7 Å². The number of aromatic nitrogens is 3. The van der Waals surface area contributed by atoms with Crippen LogP contribution in [-0.2, 0) is 0 Å². The zero-order chi connectivity index (χ0) is 12.4. The number of nitrogens with one attached hydrogen (secondary N) is 1. The minimum Gasteiger partial charge on any atom is -0.336 e. The minimum absolute atomic E-state index is 0.0647. The molecule has 1 aromatic heterocycles. The smallest absolute Gasteiger partial charge is 0.244 e. The fourth-order valence-corrected chi connectivity index (χ4v) is 1.24. The summed E-state index contributed by atoms with van der Waals surface area (Å²) in [6.45, 7) is 0. The van der Waals surface area contributed by atoms with E-state index in [9.17, 15) is 13.2 Å². The second-order valence-electron chi connectivity index (χ2n) is 2.96. The highest BCUT2D eigenvalue weighted by atomic mass is 35.5. The number of hydrogen-bond donors (Lipinski definition) is 1. The molecule has 0 aliphatic heterocycles. The van der Waals surface area contributed by atoms with Crippen LogP contribution >= 0.6 is 11.6 Å². The molecule has 4 nitrogen and oxygen atoms in total. The van der Waals surface area contributed by atoms with Crippen molar-refractivity contribution in [1.29, 1.82) is 0 Å². The maximum absolute atomic E-state index is 13.3. The third-order valence-corrected chi connectivity index (χ3v) is 1.99. The Bertz CT molecular complexity index is 564. The van der Waals surface area contributed by atoms with Crippen molar-refractivity contribution in [1.82, 2.24) is 15.2 Å². The highest BCUT2D eigenvalue weighted by Gasteiger charge is 2.13. The molecule has 0 fully saturated rings. The van der Waals surface area contributed by atoms with Crippen molar-refractivity contribution in [3.63, 3.8) is 0 Å². The molecular formula is C9H4ClF3N4. The second kappa shape index (κ2) is 4.54. The first-order valence-electron chi connectivity index (χ1n) is 4.33. The predicted molar refractivity (Wildman–Crippen MR) is 54.4 cm³/mol. The molecular weight excluding hydrogens is 257 g/mol. The maximum atomic E-state index is 13.3. The van der Waals surface area contributed by atoms with Gasteiger partial charge in [0.2, 0.25) is 5.28 Å². The van der Waals surface area contributed by atoms with Gasteiger partial charge in [0.1, 0.15) is 0 Å². The van der Waals surface area contributed by atoms with Crippen LogP contribution in [0.3, 0.4) is 0 Å². The molecule has 0 aliphatic rings. The molecule has 1 aromatic carbocycles. The second-order valence-corrected chi connectivity index (χ2v) is 3.30. The highest BCUT2D eigenvalue weighted by Crippen LogP contribution is 2.22. The standard InChI is InChI=1S/C9H4ClF3N4/c10-9-16-6(3-14-17-9)15-5-2-1-4(11)7(12)8(5)13/h1-3H,(H,15,16,17). The molecule has 0 bridgehead atoms.